The minimum Gasteiger partial charge on any atom is -0.166 e. The van der Waals surface area contributed by atoms with Crippen molar-refractivity contribution >= 4 is 0 Å². The number of benzene rings is 1. The second kappa shape index (κ2) is 7.45. The fraction of sp³-hybridized carbons (Fsp3) is 0.600. The first kappa shape index (κ1) is 17.0. The van der Waals surface area contributed by atoms with Crippen molar-refractivity contribution in [3.63, 3.8) is 0 Å². The number of rotatable bonds is 1. The highest BCUT2D eigenvalue weighted by atomic mass is 19.4. The molecule has 0 aromatic heterocycles. The van der Waals surface area contributed by atoms with Crippen LogP contribution in [0.2, 0.25) is 0 Å². The van der Waals surface area contributed by atoms with E-state index in [0.29, 0.717) is 11.5 Å². The third kappa shape index (κ3) is 5.11. The van der Waals surface area contributed by atoms with Crippen LogP contribution in [0.3, 0.4) is 0 Å². The summed E-state index contributed by atoms with van der Waals surface area (Å²) < 4.78 is 37.3. The highest BCUT2D eigenvalue weighted by molar-refractivity contribution is 5.35. The van der Waals surface area contributed by atoms with Gasteiger partial charge < -0.3 is 0 Å². The van der Waals surface area contributed by atoms with E-state index in [1.54, 1.807) is 6.92 Å². The molecule has 1 saturated carbocycles. The van der Waals surface area contributed by atoms with Gasteiger partial charge in [0.05, 0.1) is 5.56 Å². The molecular formula is C15H23F3. The predicted octanol–water partition coefficient (Wildman–Crippen LogP) is 5.94. The maximum Gasteiger partial charge on any atom is 0.416 e. The van der Waals surface area contributed by atoms with Gasteiger partial charge in [0.25, 0.3) is 0 Å². The molecule has 1 fully saturated rings. The molecule has 0 unspecified atom stereocenters. The second-order valence-electron chi connectivity index (χ2n) is 3.90. The van der Waals surface area contributed by atoms with Gasteiger partial charge in [0.15, 0.2) is 0 Å². The number of alkyl halides is 3. The Morgan fingerprint density at radius 2 is 1.44 bits per heavy atom. The Morgan fingerprint density at radius 1 is 0.944 bits per heavy atom. The minimum atomic E-state index is -4.21. The quantitative estimate of drug-likeness (QED) is 0.586. The van der Waals surface area contributed by atoms with Crippen LogP contribution in [-0.2, 0) is 6.18 Å². The maximum absolute atomic E-state index is 12.4. The molecule has 0 aliphatic heterocycles. The van der Waals surface area contributed by atoms with Crippen LogP contribution in [-0.4, -0.2) is 0 Å². The lowest BCUT2D eigenvalue weighted by Gasteiger charge is -2.09. The molecule has 0 bridgehead atoms. The predicted molar refractivity (Wildman–Crippen MR) is 70.9 cm³/mol. The fourth-order valence-electron chi connectivity index (χ4n) is 1.63. The van der Waals surface area contributed by atoms with Crippen molar-refractivity contribution < 1.29 is 13.2 Å². The maximum atomic E-state index is 12.4. The Balaban J connectivity index is 0.000000659. The van der Waals surface area contributed by atoms with Gasteiger partial charge in [0, 0.05) is 0 Å². The highest BCUT2D eigenvalue weighted by Crippen LogP contribution is 2.42. The summed E-state index contributed by atoms with van der Waals surface area (Å²) in [4.78, 5) is 0. The van der Waals surface area contributed by atoms with E-state index in [2.05, 4.69) is 0 Å². The molecule has 3 heteroatoms. The van der Waals surface area contributed by atoms with Crippen LogP contribution in [0, 0.1) is 6.92 Å². The molecule has 0 heterocycles. The van der Waals surface area contributed by atoms with Gasteiger partial charge in [0.1, 0.15) is 0 Å². The molecule has 2 rings (SSSR count). The fourth-order valence-corrected chi connectivity index (χ4v) is 1.63. The smallest absolute Gasteiger partial charge is 0.166 e. The van der Waals surface area contributed by atoms with Crippen molar-refractivity contribution in [2.24, 2.45) is 0 Å². The molecule has 0 N–H and O–H groups in total. The zero-order valence-corrected chi connectivity index (χ0v) is 11.9. The lowest BCUT2D eigenvalue weighted by Crippen LogP contribution is -2.05. The molecule has 0 spiro atoms. The molecular weight excluding hydrogens is 237 g/mol. The van der Waals surface area contributed by atoms with Crippen molar-refractivity contribution in [2.45, 2.75) is 59.6 Å². The van der Waals surface area contributed by atoms with Gasteiger partial charge in [0.2, 0.25) is 0 Å². The van der Waals surface area contributed by atoms with Crippen molar-refractivity contribution in [1.29, 1.82) is 0 Å². The van der Waals surface area contributed by atoms with E-state index in [4.69, 9.17) is 0 Å². The van der Waals surface area contributed by atoms with Crippen LogP contribution in [0.1, 0.15) is 63.1 Å². The number of hydrogen-bond donors (Lipinski definition) is 0. The van der Waals surface area contributed by atoms with E-state index in [1.165, 1.54) is 12.1 Å². The first-order valence-electron chi connectivity index (χ1n) is 6.65. The van der Waals surface area contributed by atoms with Crippen molar-refractivity contribution in [1.82, 2.24) is 0 Å². The van der Waals surface area contributed by atoms with E-state index in [-0.39, 0.29) is 0 Å². The van der Waals surface area contributed by atoms with Gasteiger partial charge >= 0.3 is 6.18 Å². The zero-order chi connectivity index (χ0) is 14.3. The number of aryl methyl sites for hydroxylation is 1. The van der Waals surface area contributed by atoms with Crippen LogP contribution in [0.15, 0.2) is 18.2 Å². The molecule has 104 valence electrons. The van der Waals surface area contributed by atoms with E-state index in [1.807, 2.05) is 33.8 Å². The van der Waals surface area contributed by atoms with E-state index in [9.17, 15) is 13.2 Å². The van der Waals surface area contributed by atoms with Crippen LogP contribution in [0.4, 0.5) is 13.2 Å². The van der Waals surface area contributed by atoms with Crippen LogP contribution >= 0.6 is 0 Å². The summed E-state index contributed by atoms with van der Waals surface area (Å²) in [6.07, 6.45) is -2.16. The lowest BCUT2D eigenvalue weighted by molar-refractivity contribution is -0.137. The average Bonchev–Trinajstić information content (AvgIpc) is 3.16. The summed E-state index contributed by atoms with van der Waals surface area (Å²) in [7, 11) is 0. The highest BCUT2D eigenvalue weighted by Gasteiger charge is 2.32. The Hall–Kier alpha value is -0.990. The standard InChI is InChI=1S/C11H11F3.2C2H6/c1-7-4-9(8-2-3-8)6-10(5-7)11(12,13)14;2*1-2/h4-6,8H,2-3H2,1H3;2*1-2H3. The molecule has 1 aliphatic rings. The number of halogens is 3. The SMILES string of the molecule is CC.CC.Cc1cc(C2CC2)cc(C(F)(F)F)c1. The van der Waals surface area contributed by atoms with Gasteiger partial charge in [-0.3, -0.25) is 0 Å². The topological polar surface area (TPSA) is 0 Å². The van der Waals surface area contributed by atoms with Gasteiger partial charge in [-0.15, -0.1) is 0 Å². The summed E-state index contributed by atoms with van der Waals surface area (Å²) in [5.41, 5.74) is 1.03. The second-order valence-corrected chi connectivity index (χ2v) is 3.90. The van der Waals surface area contributed by atoms with Crippen LogP contribution < -0.4 is 0 Å². The molecule has 1 aliphatic carbocycles. The van der Waals surface area contributed by atoms with Crippen molar-refractivity contribution in [2.75, 3.05) is 0 Å². The normalized spacial score (nSPS) is 14.0. The largest absolute Gasteiger partial charge is 0.416 e. The van der Waals surface area contributed by atoms with E-state index < -0.39 is 11.7 Å². The van der Waals surface area contributed by atoms with Gasteiger partial charge in [-0.25, -0.2) is 0 Å². The molecule has 1 aromatic carbocycles. The zero-order valence-electron chi connectivity index (χ0n) is 11.9. The number of hydrogen-bond acceptors (Lipinski definition) is 0. The molecule has 0 amide bonds. The van der Waals surface area contributed by atoms with Gasteiger partial charge in [-0.1, -0.05) is 39.3 Å². The molecule has 1 aromatic rings. The monoisotopic (exact) mass is 260 g/mol. The van der Waals surface area contributed by atoms with Gasteiger partial charge in [-0.05, 0) is 43.4 Å². The Labute approximate surface area is 108 Å². The summed E-state index contributed by atoms with van der Waals surface area (Å²) in [6, 6.07) is 4.34. The van der Waals surface area contributed by atoms with E-state index >= 15 is 0 Å². The molecule has 0 atom stereocenters. The average molecular weight is 260 g/mol. The molecule has 0 nitrogen and oxygen atoms in total. The summed E-state index contributed by atoms with van der Waals surface area (Å²) in [6.45, 7) is 9.71. The third-order valence-corrected chi connectivity index (χ3v) is 2.48. The van der Waals surface area contributed by atoms with Gasteiger partial charge in [-0.2, -0.15) is 13.2 Å². The van der Waals surface area contributed by atoms with E-state index in [0.717, 1.165) is 18.4 Å². The minimum absolute atomic E-state index is 0.371. The molecule has 0 saturated heterocycles. The lowest BCUT2D eigenvalue weighted by atomic mass is 10.0. The first-order chi connectivity index (χ1) is 8.47. The first-order valence-corrected chi connectivity index (χ1v) is 6.65. The Bertz CT molecular complexity index is 349. The molecule has 0 radical (unpaired) electrons. The third-order valence-electron chi connectivity index (χ3n) is 2.48. The van der Waals surface area contributed by atoms with Crippen LogP contribution in [0.25, 0.3) is 0 Å². The van der Waals surface area contributed by atoms with Crippen LogP contribution in [0.5, 0.6) is 0 Å². The van der Waals surface area contributed by atoms with Crippen molar-refractivity contribution in [3.05, 3.63) is 34.9 Å². The van der Waals surface area contributed by atoms with Crippen molar-refractivity contribution in [3.8, 4) is 0 Å². The summed E-state index contributed by atoms with van der Waals surface area (Å²) in [5.74, 6) is 0.371. The Morgan fingerprint density at radius 3 is 1.83 bits per heavy atom. The molecule has 18 heavy (non-hydrogen) atoms. The summed E-state index contributed by atoms with van der Waals surface area (Å²) >= 11 is 0. The Kier molecular flexibility index (Phi) is 7.04. The summed E-state index contributed by atoms with van der Waals surface area (Å²) in [5, 5.41) is 0.